The van der Waals surface area contributed by atoms with Gasteiger partial charge in [-0.1, -0.05) is 0 Å². The summed E-state index contributed by atoms with van der Waals surface area (Å²) in [5, 5.41) is 3.30. The van der Waals surface area contributed by atoms with Gasteiger partial charge >= 0.3 is 0 Å². The van der Waals surface area contributed by atoms with Crippen LogP contribution in [0.25, 0.3) is 0 Å². The predicted molar refractivity (Wildman–Crippen MR) is 88.9 cm³/mol. The van der Waals surface area contributed by atoms with Gasteiger partial charge in [-0.05, 0) is 57.8 Å². The highest BCUT2D eigenvalue weighted by Crippen LogP contribution is 2.20. The molecule has 0 spiro atoms. The van der Waals surface area contributed by atoms with Gasteiger partial charge in [-0.25, -0.2) is 0 Å². The van der Waals surface area contributed by atoms with Crippen molar-refractivity contribution in [1.29, 1.82) is 0 Å². The van der Waals surface area contributed by atoms with Gasteiger partial charge in [0.15, 0.2) is 0 Å². The van der Waals surface area contributed by atoms with Crippen LogP contribution in [0, 0.1) is 5.92 Å². The van der Waals surface area contributed by atoms with Gasteiger partial charge in [0, 0.05) is 45.7 Å². The van der Waals surface area contributed by atoms with E-state index in [-0.39, 0.29) is 0 Å². The van der Waals surface area contributed by atoms with Crippen LogP contribution >= 0.6 is 0 Å². The number of amides is 1. The van der Waals surface area contributed by atoms with Crippen molar-refractivity contribution in [3.8, 4) is 0 Å². The molecular weight excluding hydrogens is 276 g/mol. The normalized spacial score (nSPS) is 25.7. The Morgan fingerprint density at radius 3 is 2.27 bits per heavy atom. The van der Waals surface area contributed by atoms with Crippen LogP contribution in [-0.2, 0) is 4.79 Å². The lowest BCUT2D eigenvalue weighted by Gasteiger charge is -2.34. The lowest BCUT2D eigenvalue weighted by atomic mass is 9.96. The molecule has 1 amide bonds. The molecule has 1 N–H and O–H groups in total. The number of nitrogens with zero attached hydrogens (tertiary/aromatic N) is 3. The van der Waals surface area contributed by atoms with E-state index in [9.17, 15) is 4.79 Å². The van der Waals surface area contributed by atoms with E-state index in [1.807, 2.05) is 4.90 Å². The molecule has 3 fully saturated rings. The fourth-order valence-electron chi connectivity index (χ4n) is 4.05. The lowest BCUT2D eigenvalue weighted by molar-refractivity contribution is -0.132. The highest BCUT2D eigenvalue weighted by molar-refractivity contribution is 5.76. The molecule has 0 aromatic heterocycles. The molecule has 0 atom stereocenters. The molecule has 0 saturated carbocycles. The van der Waals surface area contributed by atoms with E-state index in [1.54, 1.807) is 0 Å². The molecule has 22 heavy (non-hydrogen) atoms. The zero-order valence-electron chi connectivity index (χ0n) is 13.9. The number of nitrogens with one attached hydrogen (secondary N) is 1. The van der Waals surface area contributed by atoms with E-state index in [1.165, 1.54) is 58.4 Å². The molecule has 0 bridgehead atoms. The smallest absolute Gasteiger partial charge is 0.223 e. The van der Waals surface area contributed by atoms with Gasteiger partial charge in [-0.15, -0.1) is 0 Å². The minimum atomic E-state index is 0.348. The van der Waals surface area contributed by atoms with Crippen molar-refractivity contribution in [2.75, 3.05) is 65.4 Å². The fourth-order valence-corrected chi connectivity index (χ4v) is 4.05. The van der Waals surface area contributed by atoms with Crippen molar-refractivity contribution in [3.63, 3.8) is 0 Å². The van der Waals surface area contributed by atoms with Crippen LogP contribution in [0.5, 0.6) is 0 Å². The van der Waals surface area contributed by atoms with Crippen LogP contribution in [0.15, 0.2) is 0 Å². The summed E-state index contributed by atoms with van der Waals surface area (Å²) in [7, 11) is 0. The molecule has 3 aliphatic rings. The Kier molecular flexibility index (Phi) is 6.10. The number of rotatable bonds is 5. The molecule has 3 rings (SSSR count). The van der Waals surface area contributed by atoms with Crippen LogP contribution in [0.4, 0.5) is 0 Å². The quantitative estimate of drug-likeness (QED) is 0.808. The molecule has 3 aliphatic heterocycles. The highest BCUT2D eigenvalue weighted by Gasteiger charge is 2.23. The Morgan fingerprint density at radius 1 is 0.909 bits per heavy atom. The Labute approximate surface area is 135 Å². The molecule has 0 aromatic rings. The average molecular weight is 308 g/mol. The summed E-state index contributed by atoms with van der Waals surface area (Å²) < 4.78 is 0. The van der Waals surface area contributed by atoms with Crippen LogP contribution < -0.4 is 5.32 Å². The first-order valence-corrected chi connectivity index (χ1v) is 9.24. The Bertz CT molecular complexity index is 343. The van der Waals surface area contributed by atoms with Crippen LogP contribution in [0.1, 0.15) is 32.1 Å². The summed E-state index contributed by atoms with van der Waals surface area (Å²) in [5.74, 6) is 1.24. The van der Waals surface area contributed by atoms with Crippen molar-refractivity contribution in [2.24, 2.45) is 5.92 Å². The Balaban J connectivity index is 1.30. The number of hydrogen-bond donors (Lipinski definition) is 1. The predicted octanol–water partition coefficient (Wildman–Crippen LogP) is 0.616. The van der Waals surface area contributed by atoms with E-state index in [0.29, 0.717) is 12.3 Å². The summed E-state index contributed by atoms with van der Waals surface area (Å²) >= 11 is 0. The molecule has 3 saturated heterocycles. The van der Waals surface area contributed by atoms with Gasteiger partial charge in [0.1, 0.15) is 0 Å². The second kappa shape index (κ2) is 8.27. The second-order valence-corrected chi connectivity index (χ2v) is 7.17. The number of piperazine rings is 1. The van der Waals surface area contributed by atoms with Crippen molar-refractivity contribution in [1.82, 2.24) is 20.0 Å². The molecule has 5 nitrogen and oxygen atoms in total. The van der Waals surface area contributed by atoms with E-state index in [2.05, 4.69) is 15.1 Å². The topological polar surface area (TPSA) is 38.8 Å². The zero-order chi connectivity index (χ0) is 15.2. The number of hydrogen-bond acceptors (Lipinski definition) is 4. The van der Waals surface area contributed by atoms with E-state index in [4.69, 9.17) is 0 Å². The standard InChI is InChI=1S/C17H32N4O/c22-17(21-13-6-18-7-14-21)5-12-19-10-3-16(4-11-19)15-20-8-1-2-9-20/h16,18H,1-15H2. The first-order valence-electron chi connectivity index (χ1n) is 9.24. The molecule has 126 valence electrons. The third-order valence-corrected chi connectivity index (χ3v) is 5.53. The summed E-state index contributed by atoms with van der Waals surface area (Å²) in [6.45, 7) is 11.0. The highest BCUT2D eigenvalue weighted by atomic mass is 16.2. The Hall–Kier alpha value is -0.650. The molecule has 0 aromatic carbocycles. The van der Waals surface area contributed by atoms with Crippen LogP contribution in [-0.4, -0.2) is 86.1 Å². The summed E-state index contributed by atoms with van der Waals surface area (Å²) in [5.41, 5.74) is 0. The maximum atomic E-state index is 12.2. The van der Waals surface area contributed by atoms with Gasteiger partial charge in [0.25, 0.3) is 0 Å². The molecule has 0 aliphatic carbocycles. The SMILES string of the molecule is O=C(CCN1CCC(CN2CCCC2)CC1)N1CCNCC1. The third-order valence-electron chi connectivity index (χ3n) is 5.53. The zero-order valence-corrected chi connectivity index (χ0v) is 13.9. The van der Waals surface area contributed by atoms with E-state index in [0.717, 1.165) is 38.6 Å². The van der Waals surface area contributed by atoms with Crippen molar-refractivity contribution >= 4 is 5.91 Å². The van der Waals surface area contributed by atoms with E-state index < -0.39 is 0 Å². The molecular formula is C17H32N4O. The van der Waals surface area contributed by atoms with Gasteiger partial charge in [-0.2, -0.15) is 0 Å². The summed E-state index contributed by atoms with van der Waals surface area (Å²) in [6.07, 6.45) is 6.13. The Morgan fingerprint density at radius 2 is 1.59 bits per heavy atom. The summed E-state index contributed by atoms with van der Waals surface area (Å²) in [4.78, 5) is 19.4. The number of carbonyl (C=O) groups is 1. The molecule has 0 radical (unpaired) electrons. The minimum absolute atomic E-state index is 0.348. The number of piperidine rings is 1. The number of carbonyl (C=O) groups excluding carboxylic acids is 1. The minimum Gasteiger partial charge on any atom is -0.340 e. The maximum absolute atomic E-state index is 12.2. The van der Waals surface area contributed by atoms with Crippen molar-refractivity contribution < 1.29 is 4.79 Å². The molecule has 0 unspecified atom stereocenters. The van der Waals surface area contributed by atoms with E-state index >= 15 is 0 Å². The lowest BCUT2D eigenvalue weighted by Crippen LogP contribution is -2.47. The maximum Gasteiger partial charge on any atom is 0.223 e. The van der Waals surface area contributed by atoms with Crippen molar-refractivity contribution in [2.45, 2.75) is 32.1 Å². The summed E-state index contributed by atoms with van der Waals surface area (Å²) in [6, 6.07) is 0. The molecule has 5 heteroatoms. The third kappa shape index (κ3) is 4.67. The van der Waals surface area contributed by atoms with Crippen molar-refractivity contribution in [3.05, 3.63) is 0 Å². The van der Waals surface area contributed by atoms with Gasteiger partial charge in [0.05, 0.1) is 0 Å². The van der Waals surface area contributed by atoms with Crippen LogP contribution in [0.2, 0.25) is 0 Å². The first kappa shape index (κ1) is 16.2. The average Bonchev–Trinajstić information content (AvgIpc) is 3.08. The largest absolute Gasteiger partial charge is 0.340 e. The number of likely N-dealkylation sites (tertiary alicyclic amines) is 2. The van der Waals surface area contributed by atoms with Gasteiger partial charge in [-0.3, -0.25) is 4.79 Å². The second-order valence-electron chi connectivity index (χ2n) is 7.17. The monoisotopic (exact) mass is 308 g/mol. The fraction of sp³-hybridized carbons (Fsp3) is 0.941. The molecule has 3 heterocycles. The van der Waals surface area contributed by atoms with Crippen LogP contribution in [0.3, 0.4) is 0 Å². The first-order chi connectivity index (χ1) is 10.8. The van der Waals surface area contributed by atoms with Gasteiger partial charge < -0.3 is 20.0 Å². The van der Waals surface area contributed by atoms with Gasteiger partial charge in [0.2, 0.25) is 5.91 Å².